The number of aromatic nitrogens is 3. The van der Waals surface area contributed by atoms with Gasteiger partial charge < -0.3 is 4.90 Å². The molecule has 0 unspecified atom stereocenters. The normalized spacial score (nSPS) is 16.0. The zero-order valence-corrected chi connectivity index (χ0v) is 16.9. The molecule has 0 spiro atoms. The van der Waals surface area contributed by atoms with Gasteiger partial charge in [-0.25, -0.2) is 0 Å². The van der Waals surface area contributed by atoms with Gasteiger partial charge in [0, 0.05) is 24.0 Å². The lowest BCUT2D eigenvalue weighted by molar-refractivity contribution is 0.370. The molecule has 0 aliphatic carbocycles. The van der Waals surface area contributed by atoms with Gasteiger partial charge >= 0.3 is 0 Å². The molecule has 0 radical (unpaired) electrons. The number of fused-ring (bicyclic) bond motifs is 2. The molecular formula is C20H18N4O2S2. The second-order valence-electron chi connectivity index (χ2n) is 6.93. The van der Waals surface area contributed by atoms with Crippen LogP contribution in [0.1, 0.15) is 12.1 Å². The van der Waals surface area contributed by atoms with Crippen molar-refractivity contribution >= 4 is 48.1 Å². The molecule has 142 valence electrons. The Morgan fingerprint density at radius 2 is 2.07 bits per heavy atom. The van der Waals surface area contributed by atoms with E-state index in [0.29, 0.717) is 16.7 Å². The Morgan fingerprint density at radius 1 is 1.18 bits per heavy atom. The number of likely N-dealkylation sites (N-methyl/N-ethyl adjacent to an activating group) is 1. The number of benzene rings is 1. The van der Waals surface area contributed by atoms with Crippen LogP contribution in [0.15, 0.2) is 58.9 Å². The fraction of sp³-hybridized carbons (Fsp3) is 0.200. The number of pyridine rings is 1. The number of hydrogen-bond donors (Lipinski definition) is 0. The van der Waals surface area contributed by atoms with Crippen LogP contribution in [0.5, 0.6) is 0 Å². The second kappa shape index (κ2) is 6.51. The monoisotopic (exact) mass is 410 g/mol. The van der Waals surface area contributed by atoms with E-state index in [0.717, 1.165) is 39.3 Å². The van der Waals surface area contributed by atoms with E-state index in [9.17, 15) is 8.42 Å². The van der Waals surface area contributed by atoms with Crippen molar-refractivity contribution in [2.75, 3.05) is 20.1 Å². The standard InChI is InChI=1S/C20H18N4O2S2/c1-23-10-6-14(7-11-23)19-20-17(3-2-9-21-20)24(22-19)28(25,26)16-4-5-18-15(13-16)8-12-27-18/h2-6,8-9,12-13H,7,10-11H2,1H3. The molecule has 8 heteroatoms. The molecule has 1 aliphatic rings. The van der Waals surface area contributed by atoms with Crippen LogP contribution in [0.3, 0.4) is 0 Å². The van der Waals surface area contributed by atoms with Gasteiger partial charge in [-0.3, -0.25) is 4.98 Å². The molecule has 0 amide bonds. The Kier molecular flexibility index (Phi) is 4.08. The number of hydrogen-bond acceptors (Lipinski definition) is 6. The van der Waals surface area contributed by atoms with Crippen LogP contribution in [0, 0.1) is 0 Å². The summed E-state index contributed by atoms with van der Waals surface area (Å²) in [5, 5.41) is 7.41. The molecule has 1 aromatic carbocycles. The Bertz CT molecular complexity index is 1330. The fourth-order valence-corrected chi connectivity index (χ4v) is 5.60. The predicted molar refractivity (Wildman–Crippen MR) is 112 cm³/mol. The largest absolute Gasteiger partial charge is 0.302 e. The van der Waals surface area contributed by atoms with Gasteiger partial charge in [-0.2, -0.15) is 17.6 Å². The predicted octanol–water partition coefficient (Wildman–Crippen LogP) is 3.60. The summed E-state index contributed by atoms with van der Waals surface area (Å²) < 4.78 is 29.0. The number of nitrogens with zero attached hydrogens (tertiary/aromatic N) is 4. The summed E-state index contributed by atoms with van der Waals surface area (Å²) in [5.74, 6) is 0. The quantitative estimate of drug-likeness (QED) is 0.516. The van der Waals surface area contributed by atoms with Gasteiger partial charge in [0.2, 0.25) is 0 Å². The smallest absolute Gasteiger partial charge is 0.283 e. The van der Waals surface area contributed by atoms with Crippen LogP contribution in [0.25, 0.3) is 26.7 Å². The van der Waals surface area contributed by atoms with Gasteiger partial charge in [-0.15, -0.1) is 11.3 Å². The average Bonchev–Trinajstić information content (AvgIpc) is 3.33. The lowest BCUT2D eigenvalue weighted by Crippen LogP contribution is -2.24. The fourth-order valence-electron chi connectivity index (χ4n) is 3.52. The molecule has 0 bridgehead atoms. The Labute approximate surface area is 166 Å². The van der Waals surface area contributed by atoms with E-state index in [4.69, 9.17) is 0 Å². The van der Waals surface area contributed by atoms with Crippen molar-refractivity contribution in [3.8, 4) is 0 Å². The van der Waals surface area contributed by atoms with E-state index in [2.05, 4.69) is 28.1 Å². The molecule has 0 fully saturated rings. The first-order chi connectivity index (χ1) is 13.5. The summed E-state index contributed by atoms with van der Waals surface area (Å²) in [5.41, 5.74) is 2.83. The average molecular weight is 411 g/mol. The first-order valence-corrected chi connectivity index (χ1v) is 11.3. The molecule has 5 rings (SSSR count). The third kappa shape index (κ3) is 2.76. The van der Waals surface area contributed by atoms with E-state index in [1.807, 2.05) is 17.5 Å². The maximum atomic E-state index is 13.4. The zero-order valence-electron chi connectivity index (χ0n) is 15.2. The van der Waals surface area contributed by atoms with Crippen LogP contribution >= 0.6 is 11.3 Å². The van der Waals surface area contributed by atoms with Crippen LogP contribution in [-0.2, 0) is 10.0 Å². The minimum Gasteiger partial charge on any atom is -0.302 e. The van der Waals surface area contributed by atoms with E-state index >= 15 is 0 Å². The molecule has 0 saturated heterocycles. The first-order valence-electron chi connectivity index (χ1n) is 8.98. The highest BCUT2D eigenvalue weighted by Gasteiger charge is 2.26. The lowest BCUT2D eigenvalue weighted by Gasteiger charge is -2.20. The molecule has 0 atom stereocenters. The van der Waals surface area contributed by atoms with Crippen LogP contribution in [-0.4, -0.2) is 47.6 Å². The SMILES string of the molecule is CN1CC=C(c2nn(S(=O)(=O)c3ccc4sccc4c3)c3cccnc23)CC1. The highest BCUT2D eigenvalue weighted by Crippen LogP contribution is 2.30. The van der Waals surface area contributed by atoms with Crippen molar-refractivity contribution in [1.29, 1.82) is 0 Å². The molecule has 1 aliphatic heterocycles. The van der Waals surface area contributed by atoms with Gasteiger partial charge in [0.25, 0.3) is 10.0 Å². The third-order valence-electron chi connectivity index (χ3n) is 5.07. The Balaban J connectivity index is 1.70. The highest BCUT2D eigenvalue weighted by molar-refractivity contribution is 7.90. The molecular weight excluding hydrogens is 392 g/mol. The van der Waals surface area contributed by atoms with Crippen LogP contribution in [0.4, 0.5) is 0 Å². The number of rotatable bonds is 3. The van der Waals surface area contributed by atoms with Crippen LogP contribution in [0.2, 0.25) is 0 Å². The summed E-state index contributed by atoms with van der Waals surface area (Å²) in [6, 6.07) is 10.6. The second-order valence-corrected chi connectivity index (χ2v) is 9.64. The first kappa shape index (κ1) is 17.5. The molecule has 3 aromatic heterocycles. The van der Waals surface area contributed by atoms with Crippen molar-refractivity contribution in [3.05, 3.63) is 59.7 Å². The summed E-state index contributed by atoms with van der Waals surface area (Å²) >= 11 is 1.59. The van der Waals surface area contributed by atoms with Crippen molar-refractivity contribution in [2.45, 2.75) is 11.3 Å². The molecule has 28 heavy (non-hydrogen) atoms. The summed E-state index contributed by atoms with van der Waals surface area (Å²) in [6.45, 7) is 1.73. The van der Waals surface area contributed by atoms with E-state index in [1.165, 1.54) is 0 Å². The molecule has 0 N–H and O–H groups in total. The third-order valence-corrected chi connectivity index (χ3v) is 7.55. The lowest BCUT2D eigenvalue weighted by atomic mass is 10.0. The van der Waals surface area contributed by atoms with Gasteiger partial charge in [0.15, 0.2) is 0 Å². The Morgan fingerprint density at radius 3 is 2.89 bits per heavy atom. The van der Waals surface area contributed by atoms with Crippen molar-refractivity contribution < 1.29 is 8.42 Å². The minimum absolute atomic E-state index is 0.232. The van der Waals surface area contributed by atoms with Gasteiger partial charge in [0.05, 0.1) is 4.90 Å². The Hall–Kier alpha value is -2.55. The zero-order chi connectivity index (χ0) is 19.3. The minimum atomic E-state index is -3.83. The summed E-state index contributed by atoms with van der Waals surface area (Å²) in [7, 11) is -1.77. The van der Waals surface area contributed by atoms with Crippen LogP contribution < -0.4 is 0 Å². The van der Waals surface area contributed by atoms with Gasteiger partial charge in [-0.1, -0.05) is 6.08 Å². The molecule has 4 heterocycles. The maximum absolute atomic E-state index is 13.4. The summed E-state index contributed by atoms with van der Waals surface area (Å²) in [4.78, 5) is 6.89. The maximum Gasteiger partial charge on any atom is 0.283 e. The molecule has 6 nitrogen and oxygen atoms in total. The van der Waals surface area contributed by atoms with E-state index < -0.39 is 10.0 Å². The number of thiophene rings is 1. The van der Waals surface area contributed by atoms with Gasteiger partial charge in [0.1, 0.15) is 16.7 Å². The summed E-state index contributed by atoms with van der Waals surface area (Å²) in [6.07, 6.45) is 4.60. The molecule has 0 saturated carbocycles. The topological polar surface area (TPSA) is 68.1 Å². The highest BCUT2D eigenvalue weighted by atomic mass is 32.2. The van der Waals surface area contributed by atoms with Gasteiger partial charge in [-0.05, 0) is 66.2 Å². The van der Waals surface area contributed by atoms with E-state index in [-0.39, 0.29) is 4.90 Å². The van der Waals surface area contributed by atoms with Crippen molar-refractivity contribution in [3.63, 3.8) is 0 Å². The van der Waals surface area contributed by atoms with E-state index in [1.54, 1.807) is 41.8 Å². The van der Waals surface area contributed by atoms with Crippen molar-refractivity contribution in [1.82, 2.24) is 19.1 Å². The van der Waals surface area contributed by atoms with Crippen molar-refractivity contribution in [2.24, 2.45) is 0 Å². The molecule has 4 aromatic rings.